The second-order valence-corrected chi connectivity index (χ2v) is 8.62. The van der Waals surface area contributed by atoms with Crippen molar-refractivity contribution in [3.63, 3.8) is 0 Å². The zero-order chi connectivity index (χ0) is 19.1. The second-order valence-electron chi connectivity index (χ2n) is 8.62. The minimum Gasteiger partial charge on any atom is -0.454 e. The van der Waals surface area contributed by atoms with Crippen LogP contribution in [0, 0.1) is 11.8 Å². The lowest BCUT2D eigenvalue weighted by Gasteiger charge is -2.31. The topological polar surface area (TPSA) is 64.7 Å². The molecule has 2 saturated heterocycles. The Balaban J connectivity index is 1.14. The lowest BCUT2D eigenvalue weighted by molar-refractivity contribution is -1.02. The quantitative estimate of drug-likeness (QED) is 0.640. The van der Waals surface area contributed by atoms with Crippen LogP contribution in [0.15, 0.2) is 18.2 Å². The van der Waals surface area contributed by atoms with E-state index in [1.165, 1.54) is 15.4 Å². The molecule has 1 aliphatic carbocycles. The molecule has 2 amide bonds. The van der Waals surface area contributed by atoms with Crippen LogP contribution in [0.2, 0.25) is 0 Å². The van der Waals surface area contributed by atoms with Crippen molar-refractivity contribution < 1.29 is 28.9 Å². The summed E-state index contributed by atoms with van der Waals surface area (Å²) in [5, 5.41) is 0. The van der Waals surface area contributed by atoms with E-state index in [9.17, 15) is 9.59 Å². The Morgan fingerprint density at radius 2 is 1.54 bits per heavy atom. The minimum absolute atomic E-state index is 0.0291. The fourth-order valence-corrected chi connectivity index (χ4v) is 5.24. The number of ether oxygens (including phenoxy) is 2. The van der Waals surface area contributed by atoms with Gasteiger partial charge in [0.1, 0.15) is 32.7 Å². The van der Waals surface area contributed by atoms with Gasteiger partial charge >= 0.3 is 0 Å². The third-order valence-electron chi connectivity index (χ3n) is 6.87. The number of nitrogens with zero attached hydrogens (tertiary/aromatic N) is 1. The van der Waals surface area contributed by atoms with Gasteiger partial charge in [-0.3, -0.25) is 9.59 Å². The SMILES string of the molecule is O=C1[C@H]2CCCC[C@H]2C(=O)N1C[NH+]1CC[NH+](Cc2ccc3c(c2)OCO3)CC1. The smallest absolute Gasteiger partial charge is 0.237 e. The Bertz CT molecular complexity index is 751. The summed E-state index contributed by atoms with van der Waals surface area (Å²) in [4.78, 5) is 29.8. The van der Waals surface area contributed by atoms with Crippen molar-refractivity contribution in [1.29, 1.82) is 0 Å². The first-order valence-corrected chi connectivity index (χ1v) is 10.6. The summed E-state index contributed by atoms with van der Waals surface area (Å²) >= 11 is 0. The first-order chi connectivity index (χ1) is 13.7. The molecule has 0 spiro atoms. The third kappa shape index (κ3) is 3.26. The summed E-state index contributed by atoms with van der Waals surface area (Å²) in [6.07, 6.45) is 3.97. The third-order valence-corrected chi connectivity index (χ3v) is 6.87. The van der Waals surface area contributed by atoms with Crippen LogP contribution >= 0.6 is 0 Å². The fourth-order valence-electron chi connectivity index (χ4n) is 5.24. The maximum absolute atomic E-state index is 12.7. The number of hydrogen-bond donors (Lipinski definition) is 2. The molecule has 7 heteroatoms. The summed E-state index contributed by atoms with van der Waals surface area (Å²) in [6, 6.07) is 6.18. The highest BCUT2D eigenvalue weighted by atomic mass is 16.7. The Labute approximate surface area is 165 Å². The summed E-state index contributed by atoms with van der Waals surface area (Å²) in [5.41, 5.74) is 1.26. The molecule has 1 aromatic carbocycles. The Hall–Kier alpha value is -2.12. The van der Waals surface area contributed by atoms with Gasteiger partial charge in [0.2, 0.25) is 18.6 Å². The molecule has 3 fully saturated rings. The summed E-state index contributed by atoms with van der Waals surface area (Å²) in [7, 11) is 0. The molecule has 2 atom stereocenters. The van der Waals surface area contributed by atoms with Crippen molar-refractivity contribution in [2.75, 3.05) is 39.6 Å². The number of likely N-dealkylation sites (tertiary alicyclic amines) is 1. The average molecular weight is 387 g/mol. The number of carbonyl (C=O) groups is 2. The molecule has 4 aliphatic rings. The maximum atomic E-state index is 12.7. The summed E-state index contributed by atoms with van der Waals surface area (Å²) in [5.74, 6) is 1.80. The number of quaternary nitrogens is 2. The van der Waals surface area contributed by atoms with Gasteiger partial charge in [-0.2, -0.15) is 0 Å². The zero-order valence-corrected chi connectivity index (χ0v) is 16.2. The van der Waals surface area contributed by atoms with Crippen molar-refractivity contribution >= 4 is 11.8 Å². The number of nitrogens with one attached hydrogen (secondary N) is 2. The molecule has 150 valence electrons. The van der Waals surface area contributed by atoms with Gasteiger partial charge < -0.3 is 19.3 Å². The highest BCUT2D eigenvalue weighted by Gasteiger charge is 2.49. The standard InChI is InChI=1S/C21H27N3O4/c25-20-16-3-1-2-4-17(16)21(26)24(20)13-23-9-7-22(8-10-23)12-15-5-6-18-19(11-15)28-14-27-18/h5-6,11,16-17H,1-4,7-10,12-14H2/p+2/t16-,17+. The van der Waals surface area contributed by atoms with Gasteiger partial charge in [0.25, 0.3) is 0 Å². The molecular formula is C21H29N3O4+2. The molecule has 2 N–H and O–H groups in total. The Kier molecular flexibility index (Phi) is 4.72. The van der Waals surface area contributed by atoms with Crippen LogP contribution in [-0.2, 0) is 16.1 Å². The molecular weight excluding hydrogens is 358 g/mol. The Morgan fingerprint density at radius 1 is 0.893 bits per heavy atom. The van der Waals surface area contributed by atoms with Crippen LogP contribution in [0.25, 0.3) is 0 Å². The van der Waals surface area contributed by atoms with Crippen molar-refractivity contribution in [2.24, 2.45) is 11.8 Å². The van der Waals surface area contributed by atoms with E-state index >= 15 is 0 Å². The lowest BCUT2D eigenvalue weighted by Crippen LogP contribution is -3.28. The summed E-state index contributed by atoms with van der Waals surface area (Å²) < 4.78 is 10.9. The van der Waals surface area contributed by atoms with Gasteiger partial charge in [-0.15, -0.1) is 0 Å². The van der Waals surface area contributed by atoms with Gasteiger partial charge in [0.05, 0.1) is 11.8 Å². The number of hydrogen-bond acceptors (Lipinski definition) is 4. The van der Waals surface area contributed by atoms with Crippen LogP contribution in [0.4, 0.5) is 0 Å². The number of piperazine rings is 1. The van der Waals surface area contributed by atoms with Crippen LogP contribution in [0.5, 0.6) is 11.5 Å². The molecule has 0 bridgehead atoms. The molecule has 0 unspecified atom stereocenters. The van der Waals surface area contributed by atoms with Crippen LogP contribution < -0.4 is 19.3 Å². The second kappa shape index (κ2) is 7.37. The number of imide groups is 1. The maximum Gasteiger partial charge on any atom is 0.237 e. The highest BCUT2D eigenvalue weighted by Crippen LogP contribution is 2.37. The minimum atomic E-state index is -0.0291. The highest BCUT2D eigenvalue weighted by molar-refractivity contribution is 6.05. The first-order valence-electron chi connectivity index (χ1n) is 10.6. The first kappa shape index (κ1) is 17.9. The molecule has 3 heterocycles. The molecule has 5 rings (SSSR count). The van der Waals surface area contributed by atoms with E-state index in [2.05, 4.69) is 12.1 Å². The summed E-state index contributed by atoms with van der Waals surface area (Å²) in [6.45, 7) is 5.92. The largest absolute Gasteiger partial charge is 0.454 e. The van der Waals surface area contributed by atoms with Gasteiger partial charge in [-0.05, 0) is 31.0 Å². The fraction of sp³-hybridized carbons (Fsp3) is 0.619. The van der Waals surface area contributed by atoms with Gasteiger partial charge in [0, 0.05) is 5.56 Å². The monoisotopic (exact) mass is 387 g/mol. The van der Waals surface area contributed by atoms with E-state index in [1.807, 2.05) is 6.07 Å². The molecule has 1 saturated carbocycles. The number of carbonyl (C=O) groups excluding carboxylic acids is 2. The zero-order valence-electron chi connectivity index (χ0n) is 16.2. The van der Waals surface area contributed by atoms with Crippen molar-refractivity contribution in [3.05, 3.63) is 23.8 Å². The molecule has 0 radical (unpaired) electrons. The van der Waals surface area contributed by atoms with Crippen LogP contribution in [0.3, 0.4) is 0 Å². The lowest BCUT2D eigenvalue weighted by atomic mass is 9.81. The predicted octanol–water partition coefficient (Wildman–Crippen LogP) is -1.17. The van der Waals surface area contributed by atoms with E-state index in [0.717, 1.165) is 69.9 Å². The number of benzene rings is 1. The van der Waals surface area contributed by atoms with Crippen LogP contribution in [0.1, 0.15) is 31.2 Å². The van der Waals surface area contributed by atoms with Crippen molar-refractivity contribution in [1.82, 2.24) is 4.90 Å². The van der Waals surface area contributed by atoms with E-state index in [4.69, 9.17) is 9.47 Å². The molecule has 1 aromatic rings. The molecule has 28 heavy (non-hydrogen) atoms. The molecule has 0 aromatic heterocycles. The van der Waals surface area contributed by atoms with E-state index in [1.54, 1.807) is 4.90 Å². The van der Waals surface area contributed by atoms with E-state index in [-0.39, 0.29) is 23.7 Å². The number of fused-ring (bicyclic) bond motifs is 2. The van der Waals surface area contributed by atoms with E-state index < -0.39 is 0 Å². The van der Waals surface area contributed by atoms with Gasteiger partial charge in [-0.1, -0.05) is 12.8 Å². The van der Waals surface area contributed by atoms with E-state index in [0.29, 0.717) is 13.5 Å². The number of rotatable bonds is 4. The average Bonchev–Trinajstić information content (AvgIpc) is 3.28. The van der Waals surface area contributed by atoms with Crippen LogP contribution in [-0.4, -0.2) is 56.4 Å². The molecule has 3 aliphatic heterocycles. The van der Waals surface area contributed by atoms with Gasteiger partial charge in [0.15, 0.2) is 18.2 Å². The normalized spacial score (nSPS) is 31.9. The van der Waals surface area contributed by atoms with Crippen molar-refractivity contribution in [3.8, 4) is 11.5 Å². The molecule has 7 nitrogen and oxygen atoms in total. The predicted molar refractivity (Wildman–Crippen MR) is 99.8 cm³/mol. The Morgan fingerprint density at radius 3 is 2.25 bits per heavy atom. The number of amides is 2. The van der Waals surface area contributed by atoms with Gasteiger partial charge in [-0.25, -0.2) is 4.90 Å². The van der Waals surface area contributed by atoms with Crippen molar-refractivity contribution in [2.45, 2.75) is 32.2 Å².